The highest BCUT2D eigenvalue weighted by Crippen LogP contribution is 2.19. The van der Waals surface area contributed by atoms with Crippen LogP contribution in [0.1, 0.15) is 46.5 Å². The molecular weight excluding hydrogens is 204 g/mol. The topological polar surface area (TPSA) is 15.3 Å². The maximum absolute atomic E-state index is 5.45. The molecule has 0 amide bonds. The van der Waals surface area contributed by atoms with E-state index in [1.54, 1.807) is 0 Å². The Labute approximate surface area is 99.4 Å². The van der Waals surface area contributed by atoms with Crippen LogP contribution in [-0.2, 0) is 0 Å². The first kappa shape index (κ1) is 12.8. The summed E-state index contributed by atoms with van der Waals surface area (Å²) in [6.07, 6.45) is 5.17. The van der Waals surface area contributed by atoms with Gasteiger partial charge in [-0.25, -0.2) is 0 Å². The molecule has 0 bridgehead atoms. The van der Waals surface area contributed by atoms with Gasteiger partial charge in [0.2, 0.25) is 0 Å². The predicted molar refractivity (Wildman–Crippen MR) is 70.1 cm³/mol. The van der Waals surface area contributed by atoms with Crippen LogP contribution in [-0.4, -0.2) is 29.1 Å². The molecule has 3 heteroatoms. The van der Waals surface area contributed by atoms with Gasteiger partial charge >= 0.3 is 0 Å². The van der Waals surface area contributed by atoms with Crippen LogP contribution in [0.25, 0.3) is 0 Å². The second-order valence-corrected chi connectivity index (χ2v) is 5.22. The third kappa shape index (κ3) is 3.98. The molecule has 0 spiro atoms. The lowest BCUT2D eigenvalue weighted by atomic mass is 10.0. The van der Waals surface area contributed by atoms with E-state index >= 15 is 0 Å². The van der Waals surface area contributed by atoms with Crippen LogP contribution in [0.15, 0.2) is 0 Å². The smallest absolute Gasteiger partial charge is 0.169 e. The van der Waals surface area contributed by atoms with Crippen LogP contribution in [0.4, 0.5) is 0 Å². The van der Waals surface area contributed by atoms with Crippen LogP contribution in [0.3, 0.4) is 0 Å². The number of likely N-dealkylation sites (tertiary alicyclic amines) is 1. The maximum Gasteiger partial charge on any atom is 0.169 e. The Morgan fingerprint density at radius 1 is 1.47 bits per heavy atom. The van der Waals surface area contributed by atoms with E-state index in [1.165, 1.54) is 25.7 Å². The lowest BCUT2D eigenvalue weighted by Crippen LogP contribution is -2.48. The summed E-state index contributed by atoms with van der Waals surface area (Å²) in [5, 5.41) is 4.34. The molecule has 0 aliphatic carbocycles. The second kappa shape index (κ2) is 6.31. The minimum Gasteiger partial charge on any atom is -0.362 e. The molecule has 0 radical (unpaired) electrons. The molecule has 0 saturated carbocycles. The number of thiocarbonyl (C=S) groups is 1. The SMILES string of the molecule is CCC1CCCCN1C(=S)NCC(C)C. The van der Waals surface area contributed by atoms with Gasteiger partial charge < -0.3 is 10.2 Å². The van der Waals surface area contributed by atoms with Crippen molar-refractivity contribution in [3.05, 3.63) is 0 Å². The van der Waals surface area contributed by atoms with Gasteiger partial charge in [-0.05, 0) is 43.8 Å². The van der Waals surface area contributed by atoms with Gasteiger partial charge in [0.25, 0.3) is 0 Å². The molecular formula is C12H24N2S. The summed E-state index contributed by atoms with van der Waals surface area (Å²) < 4.78 is 0. The Bertz CT molecular complexity index is 204. The van der Waals surface area contributed by atoms with Crippen LogP contribution >= 0.6 is 12.2 Å². The monoisotopic (exact) mass is 228 g/mol. The first-order valence-corrected chi connectivity index (χ1v) is 6.60. The van der Waals surface area contributed by atoms with Gasteiger partial charge in [-0.15, -0.1) is 0 Å². The van der Waals surface area contributed by atoms with E-state index in [4.69, 9.17) is 12.2 Å². The first-order chi connectivity index (χ1) is 7.15. The second-order valence-electron chi connectivity index (χ2n) is 4.83. The lowest BCUT2D eigenvalue weighted by Gasteiger charge is -2.37. The Kier molecular flexibility index (Phi) is 5.37. The highest BCUT2D eigenvalue weighted by Gasteiger charge is 2.22. The summed E-state index contributed by atoms with van der Waals surface area (Å²) >= 11 is 5.45. The number of nitrogens with one attached hydrogen (secondary N) is 1. The van der Waals surface area contributed by atoms with Crippen molar-refractivity contribution in [1.82, 2.24) is 10.2 Å². The summed E-state index contributed by atoms with van der Waals surface area (Å²) in [4.78, 5) is 2.39. The fourth-order valence-electron chi connectivity index (χ4n) is 2.09. The van der Waals surface area contributed by atoms with Gasteiger partial charge in [-0.3, -0.25) is 0 Å². The average Bonchev–Trinajstić information content (AvgIpc) is 2.25. The van der Waals surface area contributed by atoms with E-state index < -0.39 is 0 Å². The van der Waals surface area contributed by atoms with E-state index in [2.05, 4.69) is 31.0 Å². The van der Waals surface area contributed by atoms with Crippen LogP contribution in [0.2, 0.25) is 0 Å². The third-order valence-electron chi connectivity index (χ3n) is 3.02. The summed E-state index contributed by atoms with van der Waals surface area (Å²) in [6.45, 7) is 8.81. The van der Waals surface area contributed by atoms with Crippen LogP contribution < -0.4 is 5.32 Å². The van der Waals surface area contributed by atoms with E-state index in [-0.39, 0.29) is 0 Å². The Morgan fingerprint density at radius 3 is 2.80 bits per heavy atom. The normalized spacial score (nSPS) is 21.9. The highest BCUT2D eigenvalue weighted by molar-refractivity contribution is 7.80. The van der Waals surface area contributed by atoms with E-state index in [1.807, 2.05) is 0 Å². The zero-order valence-electron chi connectivity index (χ0n) is 10.3. The minimum atomic E-state index is 0.660. The highest BCUT2D eigenvalue weighted by atomic mass is 32.1. The molecule has 2 nitrogen and oxygen atoms in total. The van der Waals surface area contributed by atoms with Gasteiger partial charge in [-0.1, -0.05) is 20.8 Å². The Balaban J connectivity index is 2.41. The van der Waals surface area contributed by atoms with Crippen molar-refractivity contribution >= 4 is 17.3 Å². The zero-order valence-corrected chi connectivity index (χ0v) is 11.1. The molecule has 1 aliphatic rings. The average molecular weight is 228 g/mol. The molecule has 1 N–H and O–H groups in total. The van der Waals surface area contributed by atoms with Gasteiger partial charge in [0.1, 0.15) is 0 Å². The van der Waals surface area contributed by atoms with Crippen molar-refractivity contribution < 1.29 is 0 Å². The number of hydrogen-bond donors (Lipinski definition) is 1. The zero-order chi connectivity index (χ0) is 11.3. The quantitative estimate of drug-likeness (QED) is 0.748. The van der Waals surface area contributed by atoms with Crippen molar-refractivity contribution in [2.75, 3.05) is 13.1 Å². The van der Waals surface area contributed by atoms with Crippen molar-refractivity contribution in [3.63, 3.8) is 0 Å². The fraction of sp³-hybridized carbons (Fsp3) is 0.917. The molecule has 1 heterocycles. The minimum absolute atomic E-state index is 0.660. The van der Waals surface area contributed by atoms with Gasteiger partial charge in [-0.2, -0.15) is 0 Å². The largest absolute Gasteiger partial charge is 0.362 e. The van der Waals surface area contributed by atoms with Gasteiger partial charge in [0.15, 0.2) is 5.11 Å². The maximum atomic E-state index is 5.45. The molecule has 1 saturated heterocycles. The van der Waals surface area contributed by atoms with Crippen molar-refractivity contribution in [3.8, 4) is 0 Å². The molecule has 1 aliphatic heterocycles. The van der Waals surface area contributed by atoms with Crippen molar-refractivity contribution in [2.45, 2.75) is 52.5 Å². The molecule has 1 fully saturated rings. The van der Waals surface area contributed by atoms with Crippen molar-refractivity contribution in [1.29, 1.82) is 0 Å². The molecule has 1 unspecified atom stereocenters. The molecule has 0 aromatic carbocycles. The summed E-state index contributed by atoms with van der Waals surface area (Å²) in [7, 11) is 0. The molecule has 15 heavy (non-hydrogen) atoms. The summed E-state index contributed by atoms with van der Waals surface area (Å²) in [5.41, 5.74) is 0. The van der Waals surface area contributed by atoms with E-state index in [0.29, 0.717) is 12.0 Å². The van der Waals surface area contributed by atoms with Crippen LogP contribution in [0, 0.1) is 5.92 Å². The van der Waals surface area contributed by atoms with Crippen molar-refractivity contribution in [2.24, 2.45) is 5.92 Å². The van der Waals surface area contributed by atoms with Gasteiger partial charge in [0, 0.05) is 19.1 Å². The lowest BCUT2D eigenvalue weighted by molar-refractivity contribution is 0.232. The third-order valence-corrected chi connectivity index (χ3v) is 3.40. The number of piperidine rings is 1. The molecule has 0 aromatic heterocycles. The standard InChI is InChI=1S/C12H24N2S/c1-4-11-7-5-6-8-14(11)12(15)13-9-10(2)3/h10-11H,4-9H2,1-3H3,(H,13,15). The fourth-order valence-corrected chi connectivity index (χ4v) is 2.41. The van der Waals surface area contributed by atoms with Crippen LogP contribution in [0.5, 0.6) is 0 Å². The van der Waals surface area contributed by atoms with Gasteiger partial charge in [0.05, 0.1) is 0 Å². The number of rotatable bonds is 3. The number of nitrogens with zero attached hydrogens (tertiary/aromatic N) is 1. The van der Waals surface area contributed by atoms with E-state index in [0.717, 1.165) is 18.2 Å². The number of hydrogen-bond acceptors (Lipinski definition) is 1. The van der Waals surface area contributed by atoms with E-state index in [9.17, 15) is 0 Å². The summed E-state index contributed by atoms with van der Waals surface area (Å²) in [6, 6.07) is 0.672. The summed E-state index contributed by atoms with van der Waals surface area (Å²) in [5.74, 6) is 0.660. The Morgan fingerprint density at radius 2 is 2.20 bits per heavy atom. The predicted octanol–water partition coefficient (Wildman–Crippen LogP) is 2.78. The first-order valence-electron chi connectivity index (χ1n) is 6.19. The molecule has 1 rings (SSSR count). The molecule has 1 atom stereocenters. The molecule has 0 aromatic rings. The Hall–Kier alpha value is -0.310. The molecule has 88 valence electrons.